The average molecular weight is 481 g/mol. The van der Waals surface area contributed by atoms with Crippen LogP contribution in [0.25, 0.3) is 5.76 Å². The van der Waals surface area contributed by atoms with Gasteiger partial charge in [0.2, 0.25) is 0 Å². The Labute approximate surface area is 207 Å². The molecule has 1 amide bonds. The van der Waals surface area contributed by atoms with Crippen molar-refractivity contribution in [2.75, 3.05) is 40.9 Å². The molecule has 1 N–H and O–H groups in total. The molecule has 7 nitrogen and oxygen atoms in total. The van der Waals surface area contributed by atoms with Crippen LogP contribution in [-0.2, 0) is 15.0 Å². The van der Waals surface area contributed by atoms with Crippen LogP contribution in [0.5, 0.6) is 11.5 Å². The van der Waals surface area contributed by atoms with Crippen molar-refractivity contribution in [3.63, 3.8) is 0 Å². The first kappa shape index (κ1) is 26.3. The second-order valence-electron chi connectivity index (χ2n) is 9.97. The number of Topliss-reactive ketones (excluding diaryl/α,β-unsaturated/α-hetero) is 1. The molecule has 35 heavy (non-hydrogen) atoms. The minimum Gasteiger partial charge on any atom is -0.507 e. The third-order valence-corrected chi connectivity index (χ3v) is 6.10. The predicted octanol–water partition coefficient (Wildman–Crippen LogP) is 4.37. The van der Waals surface area contributed by atoms with E-state index in [0.717, 1.165) is 11.3 Å². The summed E-state index contributed by atoms with van der Waals surface area (Å²) in [5.74, 6) is -0.176. The number of benzene rings is 2. The highest BCUT2D eigenvalue weighted by atomic mass is 16.5. The fourth-order valence-corrected chi connectivity index (χ4v) is 4.28. The molecule has 1 aliphatic heterocycles. The molecule has 2 aromatic rings. The molecule has 0 aromatic heterocycles. The predicted molar refractivity (Wildman–Crippen MR) is 137 cm³/mol. The molecule has 188 valence electrons. The van der Waals surface area contributed by atoms with E-state index in [0.29, 0.717) is 36.6 Å². The van der Waals surface area contributed by atoms with Crippen LogP contribution in [0.2, 0.25) is 0 Å². The van der Waals surface area contributed by atoms with Crippen LogP contribution in [0.4, 0.5) is 0 Å². The second kappa shape index (κ2) is 10.5. The molecular weight excluding hydrogens is 444 g/mol. The molecule has 2 aromatic carbocycles. The van der Waals surface area contributed by atoms with Crippen molar-refractivity contribution in [2.45, 2.75) is 39.2 Å². The lowest BCUT2D eigenvalue weighted by atomic mass is 9.84. The highest BCUT2D eigenvalue weighted by molar-refractivity contribution is 6.46. The zero-order chi connectivity index (χ0) is 25.9. The van der Waals surface area contributed by atoms with Gasteiger partial charge < -0.3 is 24.4 Å². The van der Waals surface area contributed by atoms with Crippen LogP contribution in [0, 0.1) is 0 Å². The molecule has 1 unspecified atom stereocenters. The minimum atomic E-state index is -0.727. The molecule has 0 bridgehead atoms. The quantitative estimate of drug-likeness (QED) is 0.343. The fraction of sp³-hybridized carbons (Fsp3) is 0.429. The van der Waals surface area contributed by atoms with Gasteiger partial charge in [-0.2, -0.15) is 0 Å². The first-order valence-corrected chi connectivity index (χ1v) is 11.8. The number of carbonyl (C=O) groups is 2. The normalized spacial score (nSPS) is 17.8. The molecule has 1 aliphatic rings. The van der Waals surface area contributed by atoms with Gasteiger partial charge in [0.05, 0.1) is 25.3 Å². The van der Waals surface area contributed by atoms with E-state index >= 15 is 0 Å². The van der Waals surface area contributed by atoms with Gasteiger partial charge in [-0.1, -0.05) is 32.9 Å². The summed E-state index contributed by atoms with van der Waals surface area (Å²) in [5.41, 5.74) is 1.89. The third-order valence-electron chi connectivity index (χ3n) is 6.10. The van der Waals surface area contributed by atoms with Gasteiger partial charge >= 0.3 is 0 Å². The van der Waals surface area contributed by atoms with Crippen LogP contribution in [0.1, 0.15) is 50.4 Å². The number of amides is 1. The molecule has 0 radical (unpaired) electrons. The van der Waals surface area contributed by atoms with Gasteiger partial charge in [0.1, 0.15) is 17.3 Å². The number of aliphatic hydroxyl groups is 1. The number of likely N-dealkylation sites (tertiary alicyclic amines) is 1. The van der Waals surface area contributed by atoms with Crippen LogP contribution >= 0.6 is 0 Å². The van der Waals surface area contributed by atoms with Gasteiger partial charge in [-0.25, -0.2) is 0 Å². The largest absolute Gasteiger partial charge is 0.507 e. The molecule has 1 heterocycles. The summed E-state index contributed by atoms with van der Waals surface area (Å²) in [4.78, 5) is 29.9. The number of hydrogen-bond acceptors (Lipinski definition) is 6. The number of hydrogen-bond donors (Lipinski definition) is 1. The molecule has 1 saturated heterocycles. The van der Waals surface area contributed by atoms with Crippen molar-refractivity contribution >= 4 is 17.4 Å². The first-order chi connectivity index (χ1) is 16.5. The number of likely N-dealkylation sites (N-methyl/N-ethyl adjacent to an activating group) is 1. The van der Waals surface area contributed by atoms with E-state index in [2.05, 4.69) is 20.8 Å². The van der Waals surface area contributed by atoms with E-state index in [1.165, 1.54) is 4.90 Å². The highest BCUT2D eigenvalue weighted by Crippen LogP contribution is 2.41. The number of rotatable bonds is 8. The Kier molecular flexibility index (Phi) is 7.90. The summed E-state index contributed by atoms with van der Waals surface area (Å²) in [6.07, 6.45) is 0. The fourth-order valence-electron chi connectivity index (χ4n) is 4.28. The van der Waals surface area contributed by atoms with E-state index in [1.54, 1.807) is 25.3 Å². The van der Waals surface area contributed by atoms with Gasteiger partial charge in [0.15, 0.2) is 0 Å². The van der Waals surface area contributed by atoms with E-state index in [1.807, 2.05) is 50.2 Å². The van der Waals surface area contributed by atoms with Crippen LogP contribution in [0.3, 0.4) is 0 Å². The van der Waals surface area contributed by atoms with Gasteiger partial charge in [0, 0.05) is 24.2 Å². The molecular formula is C28H36N2O5. The lowest BCUT2D eigenvalue weighted by molar-refractivity contribution is -0.140. The Morgan fingerprint density at radius 3 is 2.43 bits per heavy atom. The average Bonchev–Trinajstić information content (AvgIpc) is 3.07. The molecule has 1 fully saturated rings. The van der Waals surface area contributed by atoms with Gasteiger partial charge in [-0.05, 0) is 62.3 Å². The summed E-state index contributed by atoms with van der Waals surface area (Å²) in [5, 5.41) is 11.5. The smallest absolute Gasteiger partial charge is 0.295 e. The SMILES string of the molecule is CCOc1ccc(/C(O)=C2/C(=O)C(=O)N(CCN(C)C)C2c2cccc(OC)c2)cc1C(C)(C)C. The molecule has 0 saturated carbocycles. The van der Waals surface area contributed by atoms with E-state index in [4.69, 9.17) is 9.47 Å². The van der Waals surface area contributed by atoms with Gasteiger partial charge in [-0.15, -0.1) is 0 Å². The Bertz CT molecular complexity index is 1130. The molecule has 0 aliphatic carbocycles. The Morgan fingerprint density at radius 1 is 1.11 bits per heavy atom. The van der Waals surface area contributed by atoms with Crippen LogP contribution in [-0.4, -0.2) is 67.5 Å². The van der Waals surface area contributed by atoms with E-state index in [-0.39, 0.29) is 16.7 Å². The monoisotopic (exact) mass is 480 g/mol. The Balaban J connectivity index is 2.21. The maximum Gasteiger partial charge on any atom is 0.295 e. The van der Waals surface area contributed by atoms with Gasteiger partial charge in [-0.3, -0.25) is 9.59 Å². The molecule has 3 rings (SSSR count). The summed E-state index contributed by atoms with van der Waals surface area (Å²) in [6, 6.07) is 11.9. The summed E-state index contributed by atoms with van der Waals surface area (Å²) in [7, 11) is 5.38. The highest BCUT2D eigenvalue weighted by Gasteiger charge is 2.46. The number of ether oxygens (including phenoxy) is 2. The van der Waals surface area contributed by atoms with E-state index in [9.17, 15) is 14.7 Å². The number of nitrogens with zero attached hydrogens (tertiary/aromatic N) is 2. The number of aliphatic hydroxyl groups excluding tert-OH is 1. The standard InChI is InChI=1S/C28H36N2O5/c1-8-35-22-13-12-19(17-21(22)28(2,3)4)25(31)23-24(18-10-9-11-20(16-18)34-7)30(15-14-29(5)6)27(33)26(23)32/h9-13,16-17,24,31H,8,14-15H2,1-7H3/b25-23-. The van der Waals surface area contributed by atoms with E-state index < -0.39 is 17.7 Å². The second-order valence-corrected chi connectivity index (χ2v) is 9.97. The van der Waals surface area contributed by atoms with Crippen molar-refractivity contribution in [2.24, 2.45) is 0 Å². The number of ketones is 1. The summed E-state index contributed by atoms with van der Waals surface area (Å²) < 4.78 is 11.2. The lowest BCUT2D eigenvalue weighted by Gasteiger charge is -2.27. The molecule has 1 atom stereocenters. The van der Waals surface area contributed by atoms with Crippen molar-refractivity contribution in [3.05, 3.63) is 64.7 Å². The van der Waals surface area contributed by atoms with Gasteiger partial charge in [0.25, 0.3) is 11.7 Å². The Hall–Kier alpha value is -3.32. The molecule has 0 spiro atoms. The van der Waals surface area contributed by atoms with Crippen molar-refractivity contribution in [3.8, 4) is 11.5 Å². The van der Waals surface area contributed by atoms with Crippen molar-refractivity contribution in [1.82, 2.24) is 9.80 Å². The third kappa shape index (κ3) is 5.51. The van der Waals surface area contributed by atoms with Crippen molar-refractivity contribution in [1.29, 1.82) is 0 Å². The molecule has 7 heteroatoms. The van der Waals surface area contributed by atoms with Crippen LogP contribution in [0.15, 0.2) is 48.0 Å². The zero-order valence-corrected chi connectivity index (χ0v) is 21.7. The summed E-state index contributed by atoms with van der Waals surface area (Å²) in [6.45, 7) is 9.53. The zero-order valence-electron chi connectivity index (χ0n) is 21.7. The maximum atomic E-state index is 13.3. The maximum absolute atomic E-state index is 13.3. The Morgan fingerprint density at radius 2 is 1.83 bits per heavy atom. The summed E-state index contributed by atoms with van der Waals surface area (Å²) >= 11 is 0. The first-order valence-electron chi connectivity index (χ1n) is 11.8. The van der Waals surface area contributed by atoms with Crippen LogP contribution < -0.4 is 9.47 Å². The minimum absolute atomic E-state index is 0.0750. The topological polar surface area (TPSA) is 79.3 Å². The van der Waals surface area contributed by atoms with Crippen molar-refractivity contribution < 1.29 is 24.2 Å². The number of carbonyl (C=O) groups excluding carboxylic acids is 2. The number of methoxy groups -OCH3 is 1. The lowest BCUT2D eigenvalue weighted by Crippen LogP contribution is -2.35.